The Kier molecular flexibility index (Phi) is 6.18. The molecule has 0 unspecified atom stereocenters. The van der Waals surface area contributed by atoms with E-state index in [0.29, 0.717) is 5.82 Å². The summed E-state index contributed by atoms with van der Waals surface area (Å²) in [4.78, 5) is 10.8. The van der Waals surface area contributed by atoms with Crippen LogP contribution in [0.3, 0.4) is 0 Å². The molecule has 0 aliphatic rings. The van der Waals surface area contributed by atoms with Gasteiger partial charge in [0, 0.05) is 27.5 Å². The SMILES string of the molecule is c1ccc(-c2ccc(-c3cc(-c4cccc5c4oc4ccccc45)nc(-c4c5ccccc5cc5c4ccc4ccccc45)n3)cc2)cc1. The number of fused-ring (bicyclic) bond motifs is 7. The van der Waals surface area contributed by atoms with Gasteiger partial charge in [0.05, 0.1) is 11.4 Å². The highest BCUT2D eigenvalue weighted by atomic mass is 16.3. The zero-order valence-corrected chi connectivity index (χ0v) is 26.5. The molecule has 0 saturated heterocycles. The van der Waals surface area contributed by atoms with E-state index >= 15 is 0 Å². The molecule has 0 N–H and O–H groups in total. The lowest BCUT2D eigenvalue weighted by Crippen LogP contribution is -1.98. The predicted molar refractivity (Wildman–Crippen MR) is 204 cm³/mol. The van der Waals surface area contributed by atoms with E-state index in [-0.39, 0.29) is 0 Å². The number of rotatable bonds is 4. The minimum Gasteiger partial charge on any atom is -0.455 e. The van der Waals surface area contributed by atoms with Crippen LogP contribution >= 0.6 is 0 Å². The van der Waals surface area contributed by atoms with Crippen molar-refractivity contribution < 1.29 is 4.42 Å². The first-order valence-electron chi connectivity index (χ1n) is 16.6. The lowest BCUT2D eigenvalue weighted by atomic mass is 9.92. The minimum absolute atomic E-state index is 0.685. The summed E-state index contributed by atoms with van der Waals surface area (Å²) in [6, 6.07) is 59.6. The van der Waals surface area contributed by atoms with Gasteiger partial charge in [0.2, 0.25) is 0 Å². The van der Waals surface area contributed by atoms with Gasteiger partial charge in [0.25, 0.3) is 0 Å². The second-order valence-electron chi connectivity index (χ2n) is 12.5. The van der Waals surface area contributed by atoms with E-state index < -0.39 is 0 Å². The highest BCUT2D eigenvalue weighted by molar-refractivity contribution is 6.19. The molecule has 0 saturated carbocycles. The number of aromatic nitrogens is 2. The maximum absolute atomic E-state index is 6.52. The number of hydrogen-bond donors (Lipinski definition) is 0. The average molecular weight is 625 g/mol. The molecule has 8 aromatic carbocycles. The molecule has 2 heterocycles. The second kappa shape index (κ2) is 11.0. The van der Waals surface area contributed by atoms with E-state index in [4.69, 9.17) is 14.4 Å². The number of hydrogen-bond acceptors (Lipinski definition) is 3. The van der Waals surface area contributed by atoms with E-state index in [1.807, 2.05) is 18.2 Å². The van der Waals surface area contributed by atoms with Crippen LogP contribution in [0.2, 0.25) is 0 Å². The Bertz CT molecular complexity index is 2870. The van der Waals surface area contributed by atoms with Crippen molar-refractivity contribution in [3.63, 3.8) is 0 Å². The summed E-state index contributed by atoms with van der Waals surface area (Å²) < 4.78 is 6.52. The monoisotopic (exact) mass is 624 g/mol. The van der Waals surface area contributed by atoms with Gasteiger partial charge in [0.15, 0.2) is 5.82 Å². The Morgan fingerprint density at radius 3 is 1.88 bits per heavy atom. The highest BCUT2D eigenvalue weighted by Crippen LogP contribution is 2.41. The molecule has 3 nitrogen and oxygen atoms in total. The summed E-state index contributed by atoms with van der Waals surface area (Å²) >= 11 is 0. The zero-order valence-electron chi connectivity index (χ0n) is 26.5. The molecule has 0 atom stereocenters. The topological polar surface area (TPSA) is 38.9 Å². The summed E-state index contributed by atoms with van der Waals surface area (Å²) in [5.74, 6) is 0.685. The van der Waals surface area contributed by atoms with E-state index in [9.17, 15) is 0 Å². The molecule has 10 aromatic rings. The van der Waals surface area contributed by atoms with Crippen molar-refractivity contribution in [2.45, 2.75) is 0 Å². The largest absolute Gasteiger partial charge is 0.455 e. The van der Waals surface area contributed by atoms with Crippen LogP contribution in [0.1, 0.15) is 0 Å². The first-order valence-corrected chi connectivity index (χ1v) is 16.6. The van der Waals surface area contributed by atoms with Crippen molar-refractivity contribution in [3.8, 4) is 45.0 Å². The van der Waals surface area contributed by atoms with Gasteiger partial charge in [-0.15, -0.1) is 0 Å². The first-order chi connectivity index (χ1) is 24.3. The van der Waals surface area contributed by atoms with Crippen LogP contribution in [-0.4, -0.2) is 9.97 Å². The first kappa shape index (κ1) is 27.5. The Labute approximate surface area is 282 Å². The van der Waals surface area contributed by atoms with Gasteiger partial charge in [-0.2, -0.15) is 0 Å². The van der Waals surface area contributed by atoms with Crippen molar-refractivity contribution in [3.05, 3.63) is 170 Å². The minimum atomic E-state index is 0.685. The van der Waals surface area contributed by atoms with Crippen molar-refractivity contribution in [1.82, 2.24) is 9.97 Å². The van der Waals surface area contributed by atoms with Crippen molar-refractivity contribution in [1.29, 1.82) is 0 Å². The Hall–Kier alpha value is -6.58. The Morgan fingerprint density at radius 1 is 0.367 bits per heavy atom. The normalized spacial score (nSPS) is 11.7. The van der Waals surface area contributed by atoms with E-state index in [1.54, 1.807) is 0 Å². The van der Waals surface area contributed by atoms with Crippen LogP contribution in [0.15, 0.2) is 174 Å². The van der Waals surface area contributed by atoms with Gasteiger partial charge >= 0.3 is 0 Å². The van der Waals surface area contributed by atoms with Crippen LogP contribution in [0, 0.1) is 0 Å². The third-order valence-electron chi connectivity index (χ3n) is 9.69. The van der Waals surface area contributed by atoms with Crippen LogP contribution < -0.4 is 0 Å². The predicted octanol–water partition coefficient (Wildman–Crippen LogP) is 12.5. The molecular formula is C46H28N2O. The van der Waals surface area contributed by atoms with Crippen LogP contribution in [0.4, 0.5) is 0 Å². The lowest BCUT2D eigenvalue weighted by Gasteiger charge is -2.15. The zero-order chi connectivity index (χ0) is 32.3. The van der Waals surface area contributed by atoms with Crippen molar-refractivity contribution >= 4 is 54.3 Å². The van der Waals surface area contributed by atoms with E-state index in [0.717, 1.165) is 71.7 Å². The smallest absolute Gasteiger partial charge is 0.161 e. The fourth-order valence-electron chi connectivity index (χ4n) is 7.32. The number of para-hydroxylation sites is 2. The molecule has 0 aliphatic heterocycles. The molecule has 0 bridgehead atoms. The van der Waals surface area contributed by atoms with E-state index in [2.05, 4.69) is 152 Å². The summed E-state index contributed by atoms with van der Waals surface area (Å²) in [5, 5.41) is 9.18. The molecule has 0 amide bonds. The fraction of sp³-hybridized carbons (Fsp3) is 0. The molecule has 49 heavy (non-hydrogen) atoms. The molecule has 228 valence electrons. The van der Waals surface area contributed by atoms with Crippen LogP contribution in [0.25, 0.3) is 99.3 Å². The highest BCUT2D eigenvalue weighted by Gasteiger charge is 2.19. The molecule has 0 spiro atoms. The molecule has 0 radical (unpaired) electrons. The second-order valence-corrected chi connectivity index (χ2v) is 12.5. The van der Waals surface area contributed by atoms with Crippen molar-refractivity contribution in [2.75, 3.05) is 0 Å². The third-order valence-corrected chi connectivity index (χ3v) is 9.69. The maximum Gasteiger partial charge on any atom is 0.161 e. The van der Waals surface area contributed by atoms with E-state index in [1.165, 1.54) is 21.7 Å². The summed E-state index contributed by atoms with van der Waals surface area (Å²) in [7, 11) is 0. The van der Waals surface area contributed by atoms with Crippen molar-refractivity contribution in [2.24, 2.45) is 0 Å². The summed E-state index contributed by atoms with van der Waals surface area (Å²) in [6.45, 7) is 0. The molecule has 3 heteroatoms. The van der Waals surface area contributed by atoms with Crippen LogP contribution in [0.5, 0.6) is 0 Å². The van der Waals surface area contributed by atoms with Crippen LogP contribution in [-0.2, 0) is 0 Å². The third kappa shape index (κ3) is 4.51. The standard InChI is InChI=1S/C46H28N2O/c1-2-11-29(12-3-1)30-21-23-32(24-22-30)41-28-42(39-19-10-18-38-36-17-8-9-20-43(36)49-45(38)39)48-46(47-41)44-35-16-7-5-14-33(35)27-40-34-15-6-4-13-31(34)25-26-37(40)44/h1-28H. The molecule has 0 fully saturated rings. The molecular weight excluding hydrogens is 597 g/mol. The number of benzene rings is 8. The number of furan rings is 1. The molecule has 0 aliphatic carbocycles. The maximum atomic E-state index is 6.52. The Morgan fingerprint density at radius 2 is 1.02 bits per heavy atom. The average Bonchev–Trinajstić information content (AvgIpc) is 3.56. The molecule has 2 aromatic heterocycles. The van der Waals surface area contributed by atoms with Gasteiger partial charge in [-0.3, -0.25) is 0 Å². The quantitative estimate of drug-likeness (QED) is 0.144. The number of nitrogens with zero attached hydrogens (tertiary/aromatic N) is 2. The van der Waals surface area contributed by atoms with Gasteiger partial charge in [0.1, 0.15) is 11.2 Å². The Balaban J connectivity index is 1.27. The molecule has 10 rings (SSSR count). The van der Waals surface area contributed by atoms with Gasteiger partial charge < -0.3 is 4.42 Å². The fourth-order valence-corrected chi connectivity index (χ4v) is 7.32. The summed E-state index contributed by atoms with van der Waals surface area (Å²) in [5.41, 5.74) is 8.70. The summed E-state index contributed by atoms with van der Waals surface area (Å²) in [6.07, 6.45) is 0. The van der Waals surface area contributed by atoms with Gasteiger partial charge in [-0.05, 0) is 67.7 Å². The van der Waals surface area contributed by atoms with Gasteiger partial charge in [-0.25, -0.2) is 9.97 Å². The lowest BCUT2D eigenvalue weighted by molar-refractivity contribution is 0.670. The van der Waals surface area contributed by atoms with Gasteiger partial charge in [-0.1, -0.05) is 146 Å².